The van der Waals surface area contributed by atoms with E-state index in [1.807, 2.05) is 13.0 Å². The molecule has 1 aliphatic heterocycles. The first-order valence-corrected chi connectivity index (χ1v) is 8.12. The van der Waals surface area contributed by atoms with Crippen LogP contribution in [0.3, 0.4) is 0 Å². The van der Waals surface area contributed by atoms with E-state index >= 15 is 0 Å². The summed E-state index contributed by atoms with van der Waals surface area (Å²) in [6, 6.07) is 6.54. The molecule has 1 fully saturated rings. The van der Waals surface area contributed by atoms with Gasteiger partial charge in [-0.05, 0) is 31.9 Å². The van der Waals surface area contributed by atoms with Crippen LogP contribution in [0.25, 0.3) is 0 Å². The number of aromatic nitrogens is 2. The summed E-state index contributed by atoms with van der Waals surface area (Å²) in [5.41, 5.74) is 3.93. The quantitative estimate of drug-likeness (QED) is 0.874. The molecule has 24 heavy (non-hydrogen) atoms. The average Bonchev–Trinajstić information content (AvgIpc) is 2.55. The summed E-state index contributed by atoms with van der Waals surface area (Å²) in [5, 5.41) is 5.28. The summed E-state index contributed by atoms with van der Waals surface area (Å²) >= 11 is 0. The van der Waals surface area contributed by atoms with Crippen LogP contribution in [0, 0.1) is 12.7 Å². The zero-order valence-electron chi connectivity index (χ0n) is 14.0. The second-order valence-corrected chi connectivity index (χ2v) is 5.82. The van der Waals surface area contributed by atoms with Gasteiger partial charge in [-0.2, -0.15) is 0 Å². The summed E-state index contributed by atoms with van der Waals surface area (Å²) in [7, 11) is 1.44. The average molecular weight is 331 g/mol. The molecule has 3 rings (SSSR count). The van der Waals surface area contributed by atoms with E-state index in [-0.39, 0.29) is 5.75 Å². The summed E-state index contributed by atoms with van der Waals surface area (Å²) < 4.78 is 18.7. The van der Waals surface area contributed by atoms with Crippen molar-refractivity contribution in [1.29, 1.82) is 0 Å². The van der Waals surface area contributed by atoms with Gasteiger partial charge in [-0.25, -0.2) is 19.4 Å². The van der Waals surface area contributed by atoms with Crippen LogP contribution in [0.5, 0.6) is 5.75 Å². The van der Waals surface area contributed by atoms with Crippen LogP contribution in [0.1, 0.15) is 25.1 Å². The Morgan fingerprint density at radius 3 is 2.54 bits per heavy atom. The molecule has 2 N–H and O–H groups in total. The molecule has 1 saturated heterocycles. The predicted molar refractivity (Wildman–Crippen MR) is 92.1 cm³/mol. The van der Waals surface area contributed by atoms with Gasteiger partial charge in [0, 0.05) is 30.9 Å². The van der Waals surface area contributed by atoms with Gasteiger partial charge in [-0.3, -0.25) is 0 Å². The number of rotatable bonds is 5. The van der Waals surface area contributed by atoms with Crippen molar-refractivity contribution >= 4 is 17.3 Å². The Kier molecular flexibility index (Phi) is 5.10. The van der Waals surface area contributed by atoms with Crippen LogP contribution in [-0.4, -0.2) is 35.2 Å². The SMILES string of the molecule is COc1ccc(Nc2cc(NN3CCCCC3)nc(C)n2)cc1F. The third-order valence-corrected chi connectivity index (χ3v) is 3.89. The molecule has 2 aromatic rings. The molecule has 0 amide bonds. The predicted octanol–water partition coefficient (Wildman–Crippen LogP) is 3.49. The summed E-state index contributed by atoms with van der Waals surface area (Å²) in [4.78, 5) is 8.78. The highest BCUT2D eigenvalue weighted by Crippen LogP contribution is 2.24. The Labute approximate surface area is 141 Å². The second kappa shape index (κ2) is 7.44. The van der Waals surface area contributed by atoms with Gasteiger partial charge in [0.05, 0.1) is 7.11 Å². The van der Waals surface area contributed by atoms with Crippen molar-refractivity contribution in [2.75, 3.05) is 30.9 Å². The molecule has 2 heterocycles. The van der Waals surface area contributed by atoms with Gasteiger partial charge >= 0.3 is 0 Å². The molecular formula is C17H22FN5O. The van der Waals surface area contributed by atoms with Crippen LogP contribution in [0.4, 0.5) is 21.7 Å². The Morgan fingerprint density at radius 1 is 1.08 bits per heavy atom. The van der Waals surface area contributed by atoms with Gasteiger partial charge in [-0.1, -0.05) is 6.42 Å². The molecule has 0 radical (unpaired) electrons. The van der Waals surface area contributed by atoms with Crippen LogP contribution in [0.2, 0.25) is 0 Å². The summed E-state index contributed by atoms with van der Waals surface area (Å²) in [5.74, 6) is 1.80. The number of benzene rings is 1. The largest absolute Gasteiger partial charge is 0.494 e. The normalized spacial score (nSPS) is 15.1. The standard InChI is InChI=1S/C17H22FN5O/c1-12-19-16(21-13-6-7-15(24-2)14(18)10-13)11-17(20-12)22-23-8-4-3-5-9-23/h6-7,10-11H,3-5,8-9H2,1-2H3,(H2,19,20,21,22). The maximum absolute atomic E-state index is 13.8. The van der Waals surface area contributed by atoms with Crippen molar-refractivity contribution in [3.05, 3.63) is 35.9 Å². The first-order chi connectivity index (χ1) is 11.6. The van der Waals surface area contributed by atoms with Crippen LogP contribution >= 0.6 is 0 Å². The summed E-state index contributed by atoms with van der Waals surface area (Å²) in [6.07, 6.45) is 3.65. The minimum absolute atomic E-state index is 0.215. The highest BCUT2D eigenvalue weighted by Gasteiger charge is 2.12. The van der Waals surface area contributed by atoms with Crippen molar-refractivity contribution in [3.8, 4) is 5.75 Å². The molecule has 0 saturated carbocycles. The van der Waals surface area contributed by atoms with Crippen molar-refractivity contribution in [1.82, 2.24) is 15.0 Å². The van der Waals surface area contributed by atoms with E-state index in [1.165, 1.54) is 32.4 Å². The Hall–Kier alpha value is -2.41. The van der Waals surface area contributed by atoms with E-state index in [4.69, 9.17) is 4.74 Å². The monoisotopic (exact) mass is 331 g/mol. The first-order valence-electron chi connectivity index (χ1n) is 8.12. The minimum Gasteiger partial charge on any atom is -0.494 e. The molecule has 0 spiro atoms. The molecule has 128 valence electrons. The Bertz CT molecular complexity index is 703. The zero-order chi connectivity index (χ0) is 16.9. The zero-order valence-corrected chi connectivity index (χ0v) is 14.0. The second-order valence-electron chi connectivity index (χ2n) is 5.82. The Balaban J connectivity index is 1.74. The van der Waals surface area contributed by atoms with Gasteiger partial charge in [0.15, 0.2) is 11.6 Å². The fourth-order valence-electron chi connectivity index (χ4n) is 2.75. The van der Waals surface area contributed by atoms with Crippen molar-refractivity contribution in [3.63, 3.8) is 0 Å². The number of nitrogens with one attached hydrogen (secondary N) is 2. The fourth-order valence-corrected chi connectivity index (χ4v) is 2.75. The molecule has 7 heteroatoms. The third-order valence-electron chi connectivity index (χ3n) is 3.89. The van der Waals surface area contributed by atoms with E-state index in [1.54, 1.807) is 12.1 Å². The van der Waals surface area contributed by atoms with Crippen LogP contribution in [0.15, 0.2) is 24.3 Å². The maximum atomic E-state index is 13.8. The molecule has 1 aromatic carbocycles. The highest BCUT2D eigenvalue weighted by atomic mass is 19.1. The number of aryl methyl sites for hydroxylation is 1. The van der Waals surface area contributed by atoms with E-state index in [9.17, 15) is 4.39 Å². The van der Waals surface area contributed by atoms with Gasteiger partial charge in [0.2, 0.25) is 0 Å². The topological polar surface area (TPSA) is 62.3 Å². The number of hydrazine groups is 1. The minimum atomic E-state index is -0.417. The Morgan fingerprint density at radius 2 is 1.83 bits per heavy atom. The molecule has 0 bridgehead atoms. The van der Waals surface area contributed by atoms with E-state index < -0.39 is 5.82 Å². The summed E-state index contributed by atoms with van der Waals surface area (Å²) in [6.45, 7) is 3.85. The van der Waals surface area contributed by atoms with Gasteiger partial charge in [0.1, 0.15) is 17.5 Å². The molecule has 1 aliphatic rings. The highest BCUT2D eigenvalue weighted by molar-refractivity contribution is 5.60. The number of halogens is 1. The first kappa shape index (κ1) is 16.4. The molecule has 1 aromatic heterocycles. The van der Waals surface area contributed by atoms with E-state index in [0.29, 0.717) is 17.3 Å². The van der Waals surface area contributed by atoms with Gasteiger partial charge in [0.25, 0.3) is 0 Å². The van der Waals surface area contributed by atoms with Crippen LogP contribution < -0.4 is 15.5 Å². The lowest BCUT2D eigenvalue weighted by Gasteiger charge is -2.27. The number of hydrogen-bond donors (Lipinski definition) is 2. The lowest BCUT2D eigenvalue weighted by Crippen LogP contribution is -2.35. The van der Waals surface area contributed by atoms with Gasteiger partial charge in [-0.15, -0.1) is 0 Å². The van der Waals surface area contributed by atoms with Crippen LogP contribution in [-0.2, 0) is 0 Å². The smallest absolute Gasteiger partial charge is 0.167 e. The number of hydrogen-bond acceptors (Lipinski definition) is 6. The van der Waals surface area contributed by atoms with Crippen molar-refractivity contribution in [2.45, 2.75) is 26.2 Å². The molecule has 0 atom stereocenters. The van der Waals surface area contributed by atoms with E-state index in [0.717, 1.165) is 18.9 Å². The number of nitrogens with zero attached hydrogens (tertiary/aromatic N) is 3. The number of methoxy groups -OCH3 is 1. The number of piperidine rings is 1. The van der Waals surface area contributed by atoms with Crippen molar-refractivity contribution < 1.29 is 9.13 Å². The van der Waals surface area contributed by atoms with Crippen molar-refractivity contribution in [2.24, 2.45) is 0 Å². The molecular weight excluding hydrogens is 309 g/mol. The lowest BCUT2D eigenvalue weighted by molar-refractivity contribution is 0.272. The maximum Gasteiger partial charge on any atom is 0.167 e. The molecule has 0 aliphatic carbocycles. The molecule has 0 unspecified atom stereocenters. The van der Waals surface area contributed by atoms with E-state index in [2.05, 4.69) is 25.7 Å². The number of ether oxygens (including phenoxy) is 1. The third kappa shape index (κ3) is 4.11. The molecule has 6 nitrogen and oxygen atoms in total. The van der Waals surface area contributed by atoms with Gasteiger partial charge < -0.3 is 15.5 Å². The lowest BCUT2D eigenvalue weighted by atomic mass is 10.2. The number of anilines is 3. The fraction of sp³-hybridized carbons (Fsp3) is 0.412.